The molecule has 2 heterocycles. The lowest BCUT2D eigenvalue weighted by Crippen LogP contribution is -2.39. The van der Waals surface area contributed by atoms with E-state index in [1.54, 1.807) is 6.07 Å². The number of carbonyl (C=O) groups is 1. The van der Waals surface area contributed by atoms with Gasteiger partial charge in [-0.15, -0.1) is 0 Å². The van der Waals surface area contributed by atoms with E-state index in [1.165, 1.54) is 0 Å². The topological polar surface area (TPSA) is 72.8 Å². The Morgan fingerprint density at radius 1 is 1.13 bits per heavy atom. The van der Waals surface area contributed by atoms with Gasteiger partial charge in [-0.1, -0.05) is 17.7 Å². The number of hydrogen-bond donors (Lipinski definition) is 1. The zero-order valence-electron chi connectivity index (χ0n) is 18.4. The Labute approximate surface area is 183 Å². The summed E-state index contributed by atoms with van der Waals surface area (Å²) in [5, 5.41) is 2.97. The first-order valence-electron chi connectivity index (χ1n) is 11.0. The summed E-state index contributed by atoms with van der Waals surface area (Å²) in [4.78, 5) is 28.2. The lowest BCUT2D eigenvalue weighted by Gasteiger charge is -2.28. The fourth-order valence-electron chi connectivity index (χ4n) is 3.87. The summed E-state index contributed by atoms with van der Waals surface area (Å²) in [7, 11) is 0. The van der Waals surface area contributed by atoms with E-state index in [0.29, 0.717) is 18.0 Å². The fourth-order valence-corrected chi connectivity index (χ4v) is 3.87. The van der Waals surface area contributed by atoms with Crippen LogP contribution in [0.1, 0.15) is 40.2 Å². The highest BCUT2D eigenvalue weighted by Crippen LogP contribution is 2.21. The molecule has 31 heavy (non-hydrogen) atoms. The van der Waals surface area contributed by atoms with E-state index in [4.69, 9.17) is 9.47 Å². The number of pyridine rings is 1. The number of rotatable bonds is 8. The molecular weight excluding hydrogens is 394 g/mol. The van der Waals surface area contributed by atoms with Crippen LogP contribution in [0.4, 0.5) is 0 Å². The van der Waals surface area contributed by atoms with E-state index in [-0.39, 0.29) is 29.5 Å². The average molecular weight is 426 g/mol. The van der Waals surface area contributed by atoms with Crippen LogP contribution in [0, 0.1) is 13.8 Å². The van der Waals surface area contributed by atoms with Crippen molar-refractivity contribution in [2.75, 3.05) is 32.8 Å². The Morgan fingerprint density at radius 2 is 1.84 bits per heavy atom. The van der Waals surface area contributed by atoms with Crippen molar-refractivity contribution in [3.05, 3.63) is 63.1 Å². The summed E-state index contributed by atoms with van der Waals surface area (Å²) < 4.78 is 13.5. The van der Waals surface area contributed by atoms with Crippen LogP contribution in [0.5, 0.6) is 5.75 Å². The van der Waals surface area contributed by atoms with Crippen LogP contribution in [-0.4, -0.2) is 54.3 Å². The van der Waals surface area contributed by atoms with E-state index < -0.39 is 0 Å². The molecule has 1 aliphatic carbocycles. The van der Waals surface area contributed by atoms with Crippen molar-refractivity contribution >= 4 is 5.91 Å². The van der Waals surface area contributed by atoms with Crippen molar-refractivity contribution < 1.29 is 14.3 Å². The molecule has 1 aliphatic heterocycles. The molecule has 1 amide bonds. The smallest absolute Gasteiger partial charge is 0.257 e. The average Bonchev–Trinajstić information content (AvgIpc) is 3.57. The monoisotopic (exact) mass is 425 g/mol. The third-order valence-corrected chi connectivity index (χ3v) is 5.91. The number of nitrogens with zero attached hydrogens (tertiary/aromatic N) is 2. The van der Waals surface area contributed by atoms with Crippen molar-refractivity contribution in [3.63, 3.8) is 0 Å². The van der Waals surface area contributed by atoms with Crippen molar-refractivity contribution in [2.24, 2.45) is 0 Å². The fraction of sp³-hybridized carbons (Fsp3) is 0.500. The van der Waals surface area contributed by atoms with Crippen molar-refractivity contribution in [2.45, 2.75) is 45.9 Å². The first-order valence-corrected chi connectivity index (χ1v) is 11.0. The second-order valence-electron chi connectivity index (χ2n) is 8.43. The quantitative estimate of drug-likeness (QED) is 0.703. The van der Waals surface area contributed by atoms with Gasteiger partial charge in [0.1, 0.15) is 17.9 Å². The summed E-state index contributed by atoms with van der Waals surface area (Å²) in [6, 6.07) is 9.53. The van der Waals surface area contributed by atoms with Gasteiger partial charge < -0.3 is 19.4 Å². The third kappa shape index (κ3) is 5.54. The van der Waals surface area contributed by atoms with E-state index >= 15 is 0 Å². The Morgan fingerprint density at radius 3 is 2.52 bits per heavy atom. The molecule has 1 aromatic carbocycles. The second-order valence-corrected chi connectivity index (χ2v) is 8.43. The van der Waals surface area contributed by atoms with Gasteiger partial charge in [-0.2, -0.15) is 0 Å². The number of aryl methyl sites for hydroxylation is 2. The van der Waals surface area contributed by atoms with Crippen LogP contribution in [0.3, 0.4) is 0 Å². The normalized spacial score (nSPS) is 16.8. The molecule has 0 atom stereocenters. The molecule has 2 fully saturated rings. The highest BCUT2D eigenvalue weighted by Gasteiger charge is 2.28. The van der Waals surface area contributed by atoms with Gasteiger partial charge in [0, 0.05) is 44.0 Å². The lowest BCUT2D eigenvalue weighted by molar-refractivity contribution is 0.0361. The van der Waals surface area contributed by atoms with Gasteiger partial charge in [0.05, 0.1) is 18.9 Å². The summed E-state index contributed by atoms with van der Waals surface area (Å²) >= 11 is 0. The molecule has 7 heteroatoms. The first kappa shape index (κ1) is 21.6. The van der Waals surface area contributed by atoms with E-state index in [2.05, 4.69) is 14.8 Å². The Bertz CT molecular complexity index is 974. The van der Waals surface area contributed by atoms with Gasteiger partial charge in [-0.3, -0.25) is 14.5 Å². The summed E-state index contributed by atoms with van der Waals surface area (Å²) in [6.45, 7) is 8.87. The molecular formula is C24H31N3O4. The molecule has 1 saturated carbocycles. The maximum Gasteiger partial charge on any atom is 0.257 e. The van der Waals surface area contributed by atoms with Crippen LogP contribution < -0.4 is 15.5 Å². The summed E-state index contributed by atoms with van der Waals surface area (Å²) in [5.74, 6) is 0.419. The van der Waals surface area contributed by atoms with Crippen molar-refractivity contribution in [1.82, 2.24) is 14.8 Å². The standard InChI is InChI=1S/C24H31N3O4/c1-17-3-7-20(8-4-17)31-16-21-23(24(29)25-19-5-6-19)22(28)15-18(2)27(21)10-9-26-11-13-30-14-12-26/h3-4,7-8,15,19H,5-6,9-14,16H2,1-2H3,(H,25,29). The maximum absolute atomic E-state index is 13.0. The number of aromatic nitrogens is 1. The summed E-state index contributed by atoms with van der Waals surface area (Å²) in [6.07, 6.45) is 1.94. The van der Waals surface area contributed by atoms with Gasteiger partial charge >= 0.3 is 0 Å². The highest BCUT2D eigenvalue weighted by molar-refractivity contribution is 5.95. The maximum atomic E-state index is 13.0. The molecule has 1 aromatic heterocycles. The molecule has 1 saturated heterocycles. The number of amides is 1. The number of nitrogens with one attached hydrogen (secondary N) is 1. The zero-order chi connectivity index (χ0) is 21.8. The second kappa shape index (κ2) is 9.66. The highest BCUT2D eigenvalue weighted by atomic mass is 16.5. The third-order valence-electron chi connectivity index (χ3n) is 5.91. The van der Waals surface area contributed by atoms with E-state index in [9.17, 15) is 9.59 Å². The van der Waals surface area contributed by atoms with Crippen LogP contribution >= 0.6 is 0 Å². The SMILES string of the molecule is Cc1ccc(OCc2c(C(=O)NC3CC3)c(=O)cc(C)n2CCN2CCOCC2)cc1. The Balaban J connectivity index is 1.62. The lowest BCUT2D eigenvalue weighted by atomic mass is 10.1. The molecule has 166 valence electrons. The molecule has 0 unspecified atom stereocenters. The van der Waals surface area contributed by atoms with Gasteiger partial charge in [0.15, 0.2) is 5.43 Å². The number of carbonyl (C=O) groups excluding carboxylic acids is 1. The molecule has 7 nitrogen and oxygen atoms in total. The van der Waals surface area contributed by atoms with Crippen molar-refractivity contribution in [1.29, 1.82) is 0 Å². The number of morpholine rings is 1. The van der Waals surface area contributed by atoms with Gasteiger partial charge in [0.25, 0.3) is 5.91 Å². The van der Waals surface area contributed by atoms with Crippen LogP contribution in [-0.2, 0) is 17.9 Å². The van der Waals surface area contributed by atoms with E-state index in [1.807, 2.05) is 38.1 Å². The Hall–Kier alpha value is -2.64. The van der Waals surface area contributed by atoms with Crippen LogP contribution in [0.25, 0.3) is 0 Å². The van der Waals surface area contributed by atoms with Crippen molar-refractivity contribution in [3.8, 4) is 5.75 Å². The number of benzene rings is 1. The minimum atomic E-state index is -0.296. The number of ether oxygens (including phenoxy) is 2. The predicted octanol–water partition coefficient (Wildman–Crippen LogP) is 2.27. The predicted molar refractivity (Wildman–Crippen MR) is 119 cm³/mol. The van der Waals surface area contributed by atoms with Gasteiger partial charge in [-0.05, 0) is 38.8 Å². The molecule has 1 N–H and O–H groups in total. The zero-order valence-corrected chi connectivity index (χ0v) is 18.4. The largest absolute Gasteiger partial charge is 0.487 e. The number of hydrogen-bond acceptors (Lipinski definition) is 5. The summed E-state index contributed by atoms with van der Waals surface area (Å²) in [5.41, 5.74) is 2.57. The van der Waals surface area contributed by atoms with Gasteiger partial charge in [-0.25, -0.2) is 0 Å². The molecule has 2 aromatic rings. The minimum Gasteiger partial charge on any atom is -0.487 e. The molecule has 4 rings (SSSR count). The first-order chi connectivity index (χ1) is 15.0. The molecule has 0 radical (unpaired) electrons. The molecule has 0 spiro atoms. The Kier molecular flexibility index (Phi) is 6.73. The minimum absolute atomic E-state index is 0.163. The van der Waals surface area contributed by atoms with Crippen LogP contribution in [0.15, 0.2) is 35.1 Å². The van der Waals surface area contributed by atoms with Crippen LogP contribution in [0.2, 0.25) is 0 Å². The van der Waals surface area contributed by atoms with Gasteiger partial charge in [0.2, 0.25) is 0 Å². The molecule has 2 aliphatic rings. The van der Waals surface area contributed by atoms with E-state index in [0.717, 1.165) is 56.9 Å². The molecule has 0 bridgehead atoms.